The number of benzene rings is 1. The van der Waals surface area contributed by atoms with Crippen molar-refractivity contribution in [3.63, 3.8) is 0 Å². The molecule has 1 unspecified atom stereocenters. The molecule has 0 spiro atoms. The molecule has 0 bridgehead atoms. The lowest BCUT2D eigenvalue weighted by molar-refractivity contribution is 0.195. The van der Waals surface area contributed by atoms with Crippen LogP contribution in [0, 0.1) is 5.82 Å². The lowest BCUT2D eigenvalue weighted by Crippen LogP contribution is -2.09. The monoisotopic (exact) mass is 254 g/mol. The molecule has 1 aliphatic carbocycles. The quantitative estimate of drug-likeness (QED) is 0.867. The van der Waals surface area contributed by atoms with E-state index in [0.717, 1.165) is 18.4 Å². The Balaban J connectivity index is 2.18. The Hall–Kier alpha value is -0.540. The van der Waals surface area contributed by atoms with E-state index in [2.05, 4.69) is 0 Å². The van der Waals surface area contributed by atoms with Gasteiger partial charge in [-0.1, -0.05) is 31.4 Å². The fraction of sp³-hybridized carbons (Fsp3) is 0.571. The van der Waals surface area contributed by atoms with E-state index >= 15 is 0 Å². The number of rotatable bonds is 3. The van der Waals surface area contributed by atoms with Crippen molar-refractivity contribution >= 4 is 11.8 Å². The van der Waals surface area contributed by atoms with Crippen molar-refractivity contribution in [2.24, 2.45) is 0 Å². The normalized spacial score (nSPS) is 19.2. The molecule has 2 rings (SSSR count). The summed E-state index contributed by atoms with van der Waals surface area (Å²) in [5.74, 6) is -0.195. The van der Waals surface area contributed by atoms with Gasteiger partial charge in [-0.15, -0.1) is 11.8 Å². The molecule has 1 fully saturated rings. The van der Waals surface area contributed by atoms with Crippen molar-refractivity contribution in [2.45, 2.75) is 55.3 Å². The summed E-state index contributed by atoms with van der Waals surface area (Å²) in [4.78, 5) is 0.648. The minimum Gasteiger partial charge on any atom is -0.389 e. The Kier molecular flexibility index (Phi) is 4.46. The number of hydrogen-bond donors (Lipinski definition) is 1. The van der Waals surface area contributed by atoms with Crippen molar-refractivity contribution in [1.82, 2.24) is 0 Å². The van der Waals surface area contributed by atoms with Gasteiger partial charge in [-0.2, -0.15) is 0 Å². The third kappa shape index (κ3) is 3.23. The fourth-order valence-electron chi connectivity index (χ4n) is 2.33. The molecule has 0 saturated heterocycles. The molecular weight excluding hydrogens is 235 g/mol. The van der Waals surface area contributed by atoms with Crippen LogP contribution in [-0.2, 0) is 0 Å². The Bertz CT molecular complexity index is 372. The van der Waals surface area contributed by atoms with Crippen LogP contribution in [0.25, 0.3) is 0 Å². The first-order valence-electron chi connectivity index (χ1n) is 6.31. The van der Waals surface area contributed by atoms with Gasteiger partial charge in [0.2, 0.25) is 0 Å². The van der Waals surface area contributed by atoms with Crippen LogP contribution in [0.15, 0.2) is 23.1 Å². The first-order valence-corrected chi connectivity index (χ1v) is 7.19. The number of aliphatic hydroxyl groups excluding tert-OH is 1. The molecule has 1 aliphatic rings. The molecule has 1 saturated carbocycles. The number of hydrogen-bond acceptors (Lipinski definition) is 2. The topological polar surface area (TPSA) is 20.2 Å². The Labute approximate surface area is 106 Å². The Morgan fingerprint density at radius 3 is 2.65 bits per heavy atom. The van der Waals surface area contributed by atoms with Crippen molar-refractivity contribution in [1.29, 1.82) is 0 Å². The molecule has 1 aromatic carbocycles. The highest BCUT2D eigenvalue weighted by Gasteiger charge is 2.20. The molecular formula is C14H19FOS. The summed E-state index contributed by atoms with van der Waals surface area (Å²) in [6.45, 7) is 1.69. The SMILES string of the molecule is CC(O)c1cccc(F)c1SC1CCCCC1. The van der Waals surface area contributed by atoms with Crippen molar-refractivity contribution in [2.75, 3.05) is 0 Å². The van der Waals surface area contributed by atoms with Gasteiger partial charge >= 0.3 is 0 Å². The Morgan fingerprint density at radius 1 is 1.29 bits per heavy atom. The molecule has 0 heterocycles. The minimum atomic E-state index is -0.600. The first-order chi connectivity index (χ1) is 8.18. The zero-order valence-electron chi connectivity index (χ0n) is 10.2. The summed E-state index contributed by atoms with van der Waals surface area (Å²) in [5.41, 5.74) is 0.723. The lowest BCUT2D eigenvalue weighted by atomic mass is 10.0. The van der Waals surface area contributed by atoms with Crippen LogP contribution in [0.5, 0.6) is 0 Å². The summed E-state index contributed by atoms with van der Waals surface area (Å²) >= 11 is 1.61. The summed E-state index contributed by atoms with van der Waals surface area (Å²) in [6, 6.07) is 4.97. The van der Waals surface area contributed by atoms with Gasteiger partial charge in [0.15, 0.2) is 0 Å². The highest BCUT2D eigenvalue weighted by atomic mass is 32.2. The van der Waals surface area contributed by atoms with Crippen LogP contribution in [0.2, 0.25) is 0 Å². The molecule has 0 aromatic heterocycles. The number of thioether (sulfide) groups is 1. The van der Waals surface area contributed by atoms with Crippen LogP contribution in [0.4, 0.5) is 4.39 Å². The second-order valence-electron chi connectivity index (χ2n) is 4.71. The molecule has 0 radical (unpaired) electrons. The number of halogens is 1. The third-order valence-corrected chi connectivity index (χ3v) is 4.76. The highest BCUT2D eigenvalue weighted by molar-refractivity contribution is 8.00. The standard InChI is InChI=1S/C14H19FOS/c1-10(16)12-8-5-9-13(15)14(12)17-11-6-3-2-4-7-11/h5,8-11,16H,2-4,6-7H2,1H3. The molecule has 94 valence electrons. The van der Waals surface area contributed by atoms with Crippen molar-refractivity contribution in [3.05, 3.63) is 29.6 Å². The van der Waals surface area contributed by atoms with Gasteiger partial charge < -0.3 is 5.11 Å². The van der Waals surface area contributed by atoms with Gasteiger partial charge in [0.1, 0.15) is 5.82 Å². The lowest BCUT2D eigenvalue weighted by Gasteiger charge is -2.23. The van der Waals surface area contributed by atoms with E-state index in [0.29, 0.717) is 10.1 Å². The molecule has 1 atom stereocenters. The average molecular weight is 254 g/mol. The van der Waals surface area contributed by atoms with Crippen LogP contribution >= 0.6 is 11.8 Å². The highest BCUT2D eigenvalue weighted by Crippen LogP contribution is 2.38. The maximum absolute atomic E-state index is 13.8. The summed E-state index contributed by atoms with van der Waals surface area (Å²) in [6.07, 6.45) is 5.53. The third-order valence-electron chi connectivity index (χ3n) is 3.28. The van der Waals surface area contributed by atoms with Crippen molar-refractivity contribution in [3.8, 4) is 0 Å². The largest absolute Gasteiger partial charge is 0.389 e. The van der Waals surface area contributed by atoms with E-state index < -0.39 is 6.10 Å². The van der Waals surface area contributed by atoms with E-state index in [-0.39, 0.29) is 5.82 Å². The van der Waals surface area contributed by atoms with E-state index in [9.17, 15) is 9.50 Å². The summed E-state index contributed by atoms with van der Waals surface area (Å²) in [5, 5.41) is 10.2. The van der Waals surface area contributed by atoms with Crippen LogP contribution in [0.1, 0.15) is 50.7 Å². The average Bonchev–Trinajstić information content (AvgIpc) is 2.33. The zero-order chi connectivity index (χ0) is 12.3. The smallest absolute Gasteiger partial charge is 0.137 e. The zero-order valence-corrected chi connectivity index (χ0v) is 11.0. The van der Waals surface area contributed by atoms with E-state index in [4.69, 9.17) is 0 Å². The van der Waals surface area contributed by atoms with E-state index in [1.807, 2.05) is 6.07 Å². The Morgan fingerprint density at radius 2 is 2.00 bits per heavy atom. The molecule has 0 amide bonds. The number of aliphatic hydroxyl groups is 1. The van der Waals surface area contributed by atoms with Gasteiger partial charge in [-0.05, 0) is 31.4 Å². The summed E-state index contributed by atoms with van der Waals surface area (Å²) in [7, 11) is 0. The van der Waals surface area contributed by atoms with Gasteiger partial charge in [0.25, 0.3) is 0 Å². The molecule has 1 N–H and O–H groups in total. The van der Waals surface area contributed by atoms with Gasteiger partial charge in [-0.25, -0.2) is 4.39 Å². The molecule has 1 nitrogen and oxygen atoms in total. The molecule has 1 aromatic rings. The molecule has 0 aliphatic heterocycles. The van der Waals surface area contributed by atoms with E-state index in [1.165, 1.54) is 25.3 Å². The van der Waals surface area contributed by atoms with Gasteiger partial charge in [-0.3, -0.25) is 0 Å². The predicted molar refractivity (Wildman–Crippen MR) is 69.8 cm³/mol. The predicted octanol–water partition coefficient (Wildman–Crippen LogP) is 4.30. The first kappa shape index (κ1) is 12.9. The van der Waals surface area contributed by atoms with Gasteiger partial charge in [0, 0.05) is 10.1 Å². The minimum absolute atomic E-state index is 0.195. The van der Waals surface area contributed by atoms with E-state index in [1.54, 1.807) is 24.8 Å². The maximum Gasteiger partial charge on any atom is 0.137 e. The van der Waals surface area contributed by atoms with Crippen LogP contribution in [0.3, 0.4) is 0 Å². The van der Waals surface area contributed by atoms with Crippen LogP contribution in [-0.4, -0.2) is 10.4 Å². The molecule has 3 heteroatoms. The second kappa shape index (κ2) is 5.87. The van der Waals surface area contributed by atoms with Crippen LogP contribution < -0.4 is 0 Å². The van der Waals surface area contributed by atoms with Crippen molar-refractivity contribution < 1.29 is 9.50 Å². The second-order valence-corrected chi connectivity index (χ2v) is 6.02. The fourth-order valence-corrected chi connectivity index (χ4v) is 3.79. The van der Waals surface area contributed by atoms with Gasteiger partial charge in [0.05, 0.1) is 6.10 Å². The summed E-state index contributed by atoms with van der Waals surface area (Å²) < 4.78 is 13.8. The molecule has 17 heavy (non-hydrogen) atoms. The maximum atomic E-state index is 13.8.